The van der Waals surface area contributed by atoms with Crippen LogP contribution in [-0.4, -0.2) is 36.6 Å². The van der Waals surface area contributed by atoms with Gasteiger partial charge >= 0.3 is 6.36 Å². The second-order valence-corrected chi connectivity index (χ2v) is 5.49. The Kier molecular flexibility index (Phi) is 5.27. The first kappa shape index (κ1) is 18.0. The normalized spacial score (nSPS) is 17.0. The van der Waals surface area contributed by atoms with Gasteiger partial charge in [-0.05, 0) is 18.2 Å². The van der Waals surface area contributed by atoms with Gasteiger partial charge in [0.1, 0.15) is 6.10 Å². The average molecular weight is 368 g/mol. The van der Waals surface area contributed by atoms with E-state index in [0.29, 0.717) is 19.1 Å². The Morgan fingerprint density at radius 1 is 1.23 bits per heavy atom. The number of halogens is 3. The highest BCUT2D eigenvalue weighted by molar-refractivity contribution is 6.04. The van der Waals surface area contributed by atoms with Crippen LogP contribution in [0.15, 0.2) is 42.6 Å². The predicted octanol–water partition coefficient (Wildman–Crippen LogP) is 3.40. The molecular weight excluding hydrogens is 353 g/mol. The summed E-state index contributed by atoms with van der Waals surface area (Å²) >= 11 is 0. The Morgan fingerprint density at radius 3 is 2.69 bits per heavy atom. The van der Waals surface area contributed by atoms with Gasteiger partial charge < -0.3 is 19.5 Å². The van der Waals surface area contributed by atoms with Crippen LogP contribution >= 0.6 is 0 Å². The van der Waals surface area contributed by atoms with Gasteiger partial charge in [0.05, 0.1) is 24.5 Å². The molecule has 1 aromatic carbocycles. The van der Waals surface area contributed by atoms with Gasteiger partial charge in [0.15, 0.2) is 5.75 Å². The number of nitrogens with zero attached hydrogens (tertiary/aromatic N) is 1. The minimum Gasteiger partial charge on any atom is -0.472 e. The van der Waals surface area contributed by atoms with E-state index in [1.807, 2.05) is 0 Å². The Hall–Kier alpha value is -2.81. The summed E-state index contributed by atoms with van der Waals surface area (Å²) in [7, 11) is 0. The van der Waals surface area contributed by atoms with Crippen molar-refractivity contribution in [3.8, 4) is 11.6 Å². The maximum Gasteiger partial charge on any atom is 0.573 e. The number of rotatable bonds is 5. The summed E-state index contributed by atoms with van der Waals surface area (Å²) in [6.07, 6.45) is -2.88. The van der Waals surface area contributed by atoms with Gasteiger partial charge in [0, 0.05) is 18.7 Å². The number of hydrogen-bond acceptors (Lipinski definition) is 5. The van der Waals surface area contributed by atoms with E-state index in [1.165, 1.54) is 36.5 Å². The third-order valence-corrected chi connectivity index (χ3v) is 3.53. The summed E-state index contributed by atoms with van der Waals surface area (Å²) in [4.78, 5) is 16.3. The molecule has 3 rings (SSSR count). The largest absolute Gasteiger partial charge is 0.573 e. The first-order valence-electron chi connectivity index (χ1n) is 7.77. The summed E-state index contributed by atoms with van der Waals surface area (Å²) in [6.45, 7) is 1.12. The van der Waals surface area contributed by atoms with E-state index in [9.17, 15) is 18.0 Å². The van der Waals surface area contributed by atoms with Crippen LogP contribution in [0.3, 0.4) is 0 Å². The molecule has 0 unspecified atom stereocenters. The zero-order chi connectivity index (χ0) is 18.6. The maximum atomic E-state index is 12.4. The molecule has 0 radical (unpaired) electrons. The second-order valence-electron chi connectivity index (χ2n) is 5.49. The number of para-hydroxylation sites is 2. The lowest BCUT2D eigenvalue weighted by Crippen LogP contribution is -2.20. The van der Waals surface area contributed by atoms with Crippen LogP contribution in [0.4, 0.5) is 18.9 Å². The number of pyridine rings is 1. The Labute approximate surface area is 146 Å². The number of carbonyl (C=O) groups is 1. The van der Waals surface area contributed by atoms with Crippen LogP contribution in [-0.2, 0) is 4.74 Å². The van der Waals surface area contributed by atoms with E-state index >= 15 is 0 Å². The molecule has 1 N–H and O–H groups in total. The Morgan fingerprint density at radius 2 is 2.04 bits per heavy atom. The van der Waals surface area contributed by atoms with Gasteiger partial charge in [0.25, 0.3) is 5.91 Å². The molecule has 0 aliphatic carbocycles. The van der Waals surface area contributed by atoms with Crippen molar-refractivity contribution in [1.82, 2.24) is 4.98 Å². The molecule has 2 heterocycles. The Balaban J connectivity index is 1.66. The second kappa shape index (κ2) is 7.61. The van der Waals surface area contributed by atoms with Crippen molar-refractivity contribution in [2.24, 2.45) is 0 Å². The summed E-state index contributed by atoms with van der Waals surface area (Å²) in [5, 5.41) is 2.38. The molecule has 0 saturated carbocycles. The predicted molar refractivity (Wildman–Crippen MR) is 85.2 cm³/mol. The summed E-state index contributed by atoms with van der Waals surface area (Å²) < 4.78 is 52.0. The van der Waals surface area contributed by atoms with Crippen molar-refractivity contribution in [1.29, 1.82) is 0 Å². The zero-order valence-electron chi connectivity index (χ0n) is 13.5. The number of anilines is 1. The highest BCUT2D eigenvalue weighted by Gasteiger charge is 2.32. The summed E-state index contributed by atoms with van der Waals surface area (Å²) in [5.41, 5.74) is 0.0695. The summed E-state index contributed by atoms with van der Waals surface area (Å²) in [5.74, 6) is -0.771. The fourth-order valence-electron chi connectivity index (χ4n) is 2.34. The van der Waals surface area contributed by atoms with Crippen LogP contribution < -0.4 is 14.8 Å². The van der Waals surface area contributed by atoms with E-state index in [-0.39, 0.29) is 17.4 Å². The molecule has 2 aromatic rings. The van der Waals surface area contributed by atoms with Gasteiger partial charge in [-0.3, -0.25) is 4.79 Å². The first-order chi connectivity index (χ1) is 12.4. The number of ether oxygens (including phenoxy) is 3. The molecule has 1 aliphatic heterocycles. The third-order valence-electron chi connectivity index (χ3n) is 3.53. The maximum absolute atomic E-state index is 12.4. The number of alkyl halides is 3. The fourth-order valence-corrected chi connectivity index (χ4v) is 2.34. The van der Waals surface area contributed by atoms with Crippen molar-refractivity contribution in [2.45, 2.75) is 18.9 Å². The average Bonchev–Trinajstić information content (AvgIpc) is 3.09. The summed E-state index contributed by atoms with van der Waals surface area (Å²) in [6, 6.07) is 8.27. The molecule has 138 valence electrons. The molecule has 1 saturated heterocycles. The van der Waals surface area contributed by atoms with Crippen molar-refractivity contribution >= 4 is 11.6 Å². The number of benzene rings is 1. The topological polar surface area (TPSA) is 69.7 Å². The number of nitrogens with one attached hydrogen (secondary N) is 1. The van der Waals surface area contributed by atoms with Gasteiger partial charge in [-0.15, -0.1) is 13.2 Å². The quantitative estimate of drug-likeness (QED) is 0.876. The molecular formula is C17H15F3N2O4. The van der Waals surface area contributed by atoms with Crippen molar-refractivity contribution in [3.05, 3.63) is 48.2 Å². The number of carbonyl (C=O) groups excluding carboxylic acids is 1. The highest BCUT2D eigenvalue weighted by Crippen LogP contribution is 2.30. The van der Waals surface area contributed by atoms with E-state index in [2.05, 4.69) is 15.0 Å². The molecule has 0 spiro atoms. The van der Waals surface area contributed by atoms with E-state index < -0.39 is 18.0 Å². The van der Waals surface area contributed by atoms with Gasteiger partial charge in [0.2, 0.25) is 5.88 Å². The standard InChI is InChI=1S/C17H15F3N2O4/c18-17(19,20)26-14-4-2-1-3-13(14)22-16(23)11-5-6-15(21-9-11)25-12-7-8-24-10-12/h1-6,9,12H,7-8,10H2,(H,22,23)/t12-/m0/s1. The van der Waals surface area contributed by atoms with Crippen LogP contribution in [0.1, 0.15) is 16.8 Å². The van der Waals surface area contributed by atoms with Crippen LogP contribution in [0.2, 0.25) is 0 Å². The van der Waals surface area contributed by atoms with Crippen LogP contribution in [0, 0.1) is 0 Å². The van der Waals surface area contributed by atoms with Gasteiger partial charge in [-0.25, -0.2) is 4.98 Å². The molecule has 0 bridgehead atoms. The molecule has 6 nitrogen and oxygen atoms in total. The SMILES string of the molecule is O=C(Nc1ccccc1OC(F)(F)F)c1ccc(O[C@H]2CCOC2)nc1. The molecule has 1 fully saturated rings. The van der Waals surface area contributed by atoms with Crippen LogP contribution in [0.25, 0.3) is 0 Å². The monoisotopic (exact) mass is 368 g/mol. The number of aromatic nitrogens is 1. The van der Waals surface area contributed by atoms with E-state index in [0.717, 1.165) is 12.5 Å². The molecule has 26 heavy (non-hydrogen) atoms. The van der Waals surface area contributed by atoms with Crippen molar-refractivity contribution in [2.75, 3.05) is 18.5 Å². The molecule has 1 aromatic heterocycles. The first-order valence-corrected chi connectivity index (χ1v) is 7.77. The number of hydrogen-bond donors (Lipinski definition) is 1. The minimum absolute atomic E-state index is 0.0754. The molecule has 1 amide bonds. The lowest BCUT2D eigenvalue weighted by molar-refractivity contribution is -0.274. The highest BCUT2D eigenvalue weighted by atomic mass is 19.4. The van der Waals surface area contributed by atoms with Gasteiger partial charge in [-0.1, -0.05) is 12.1 Å². The lowest BCUT2D eigenvalue weighted by atomic mass is 10.2. The Bertz CT molecular complexity index is 759. The van der Waals surface area contributed by atoms with Gasteiger partial charge in [-0.2, -0.15) is 0 Å². The third kappa shape index (κ3) is 4.85. The molecule has 9 heteroatoms. The van der Waals surface area contributed by atoms with E-state index in [1.54, 1.807) is 0 Å². The fraction of sp³-hybridized carbons (Fsp3) is 0.294. The van der Waals surface area contributed by atoms with Crippen molar-refractivity contribution in [3.63, 3.8) is 0 Å². The smallest absolute Gasteiger partial charge is 0.472 e. The van der Waals surface area contributed by atoms with Crippen molar-refractivity contribution < 1.29 is 32.2 Å². The van der Waals surface area contributed by atoms with E-state index in [4.69, 9.17) is 9.47 Å². The molecule has 1 atom stereocenters. The van der Waals surface area contributed by atoms with Crippen LogP contribution in [0.5, 0.6) is 11.6 Å². The minimum atomic E-state index is -4.86. The zero-order valence-corrected chi connectivity index (χ0v) is 13.5. The lowest BCUT2D eigenvalue weighted by Gasteiger charge is -2.14. The molecule has 1 aliphatic rings. The number of amides is 1.